The molecule has 0 amide bonds. The van der Waals surface area contributed by atoms with E-state index >= 15 is 0 Å². The summed E-state index contributed by atoms with van der Waals surface area (Å²) in [5, 5.41) is 0.204. The Hall–Kier alpha value is -4.01. The molecule has 1 aliphatic rings. The van der Waals surface area contributed by atoms with Gasteiger partial charge in [0.15, 0.2) is 0 Å². The molecule has 3 aromatic heterocycles. The monoisotopic (exact) mass is 478 g/mol. The topological polar surface area (TPSA) is 69.9 Å². The Morgan fingerprint density at radius 3 is 2.63 bits per heavy atom. The maximum Gasteiger partial charge on any atom is 0.421 e. The minimum absolute atomic E-state index is 0.0498. The normalized spacial score (nSPS) is 16.2. The van der Waals surface area contributed by atoms with E-state index < -0.39 is 23.2 Å². The van der Waals surface area contributed by atoms with Crippen molar-refractivity contribution in [2.45, 2.75) is 32.4 Å². The van der Waals surface area contributed by atoms with Gasteiger partial charge in [-0.1, -0.05) is 13.0 Å². The Morgan fingerprint density at radius 2 is 1.86 bits per heavy atom. The van der Waals surface area contributed by atoms with Gasteiger partial charge in [0.1, 0.15) is 17.6 Å². The maximum absolute atomic E-state index is 13.3. The zero-order valence-electron chi connectivity index (χ0n) is 18.8. The Morgan fingerprint density at radius 1 is 1.06 bits per heavy atom. The average Bonchev–Trinajstić information content (AvgIpc) is 2.85. The second kappa shape index (κ2) is 8.98. The number of fused-ring (bicyclic) bond motifs is 1. The van der Waals surface area contributed by atoms with E-state index in [2.05, 4.69) is 28.0 Å². The van der Waals surface area contributed by atoms with Gasteiger partial charge in [-0.25, -0.2) is 4.98 Å². The number of halogens is 3. The summed E-state index contributed by atoms with van der Waals surface area (Å²) < 4.78 is 47.2. The molecule has 6 nitrogen and oxygen atoms in total. The predicted octanol–water partition coefficient (Wildman–Crippen LogP) is 6.19. The van der Waals surface area contributed by atoms with Crippen LogP contribution in [0.15, 0.2) is 72.1 Å². The van der Waals surface area contributed by atoms with Gasteiger partial charge in [-0.3, -0.25) is 14.3 Å². The number of pyridine rings is 2. The molecular weight excluding hydrogens is 457 g/mol. The van der Waals surface area contributed by atoms with Crippen molar-refractivity contribution in [3.05, 3.63) is 88.9 Å². The zero-order valence-corrected chi connectivity index (χ0v) is 18.8. The smallest absolute Gasteiger partial charge is 0.421 e. The molecule has 0 N–H and O–H groups in total. The predicted molar refractivity (Wildman–Crippen MR) is 125 cm³/mol. The lowest BCUT2D eigenvalue weighted by molar-refractivity contribution is -0.138. The highest BCUT2D eigenvalue weighted by Gasteiger charge is 2.35. The van der Waals surface area contributed by atoms with Crippen molar-refractivity contribution in [2.24, 2.45) is 5.92 Å². The number of nitrogens with zero attached hydrogens (tertiary/aromatic N) is 4. The molecule has 35 heavy (non-hydrogen) atoms. The van der Waals surface area contributed by atoms with Crippen LogP contribution in [0.5, 0.6) is 11.6 Å². The number of allylic oxidation sites excluding steroid dienone is 2. The van der Waals surface area contributed by atoms with Gasteiger partial charge >= 0.3 is 6.18 Å². The van der Waals surface area contributed by atoms with Crippen LogP contribution in [0.2, 0.25) is 0 Å². The van der Waals surface area contributed by atoms with E-state index in [0.717, 1.165) is 42.3 Å². The van der Waals surface area contributed by atoms with Crippen LogP contribution in [-0.2, 0) is 6.18 Å². The molecule has 5 rings (SSSR count). The molecule has 1 aromatic carbocycles. The van der Waals surface area contributed by atoms with Crippen molar-refractivity contribution in [1.29, 1.82) is 0 Å². The highest BCUT2D eigenvalue weighted by Crippen LogP contribution is 2.37. The van der Waals surface area contributed by atoms with E-state index in [0.29, 0.717) is 11.4 Å². The number of alkyl halides is 3. The molecule has 9 heteroatoms. The van der Waals surface area contributed by atoms with Gasteiger partial charge in [-0.05, 0) is 73.2 Å². The first-order valence-corrected chi connectivity index (χ1v) is 11.2. The van der Waals surface area contributed by atoms with Crippen LogP contribution in [0.4, 0.5) is 13.2 Å². The minimum atomic E-state index is -4.63. The quantitative estimate of drug-likeness (QED) is 0.350. The van der Waals surface area contributed by atoms with E-state index in [9.17, 15) is 18.0 Å². The number of hydrogen-bond donors (Lipinski definition) is 0. The molecule has 1 unspecified atom stereocenters. The van der Waals surface area contributed by atoms with Gasteiger partial charge in [0.05, 0.1) is 22.3 Å². The fourth-order valence-corrected chi connectivity index (χ4v) is 4.21. The summed E-state index contributed by atoms with van der Waals surface area (Å²) in [5.41, 5.74) is 1.74. The van der Waals surface area contributed by atoms with Crippen molar-refractivity contribution >= 4 is 16.5 Å². The molecule has 0 fully saturated rings. The van der Waals surface area contributed by atoms with Crippen LogP contribution < -0.4 is 10.3 Å². The third kappa shape index (κ3) is 4.53. The summed E-state index contributed by atoms with van der Waals surface area (Å²) in [6.07, 6.45) is 4.91. The van der Waals surface area contributed by atoms with Crippen LogP contribution in [0.3, 0.4) is 0 Å². The molecule has 0 saturated carbocycles. The second-order valence-corrected chi connectivity index (χ2v) is 8.53. The van der Waals surface area contributed by atoms with Crippen LogP contribution in [0.1, 0.15) is 37.4 Å². The van der Waals surface area contributed by atoms with E-state index in [4.69, 9.17) is 4.74 Å². The number of benzene rings is 1. The molecular formula is C26H21F3N4O2. The van der Waals surface area contributed by atoms with E-state index in [1.807, 2.05) is 12.1 Å². The molecule has 4 aromatic rings. The van der Waals surface area contributed by atoms with Crippen molar-refractivity contribution in [3.8, 4) is 17.3 Å². The fraction of sp³-hybridized carbons (Fsp3) is 0.231. The van der Waals surface area contributed by atoms with Crippen LogP contribution in [-0.4, -0.2) is 19.5 Å². The summed E-state index contributed by atoms with van der Waals surface area (Å²) in [6, 6.07) is 10.3. The summed E-state index contributed by atoms with van der Waals surface area (Å²) in [4.78, 5) is 24.9. The van der Waals surface area contributed by atoms with Crippen molar-refractivity contribution < 1.29 is 17.9 Å². The van der Waals surface area contributed by atoms with Gasteiger partial charge in [-0.2, -0.15) is 18.2 Å². The fourth-order valence-electron chi connectivity index (χ4n) is 4.21. The number of hydrogen-bond acceptors (Lipinski definition) is 5. The summed E-state index contributed by atoms with van der Waals surface area (Å²) in [6.45, 7) is 2.22. The first-order chi connectivity index (χ1) is 16.8. The lowest BCUT2D eigenvalue weighted by Gasteiger charge is -2.21. The molecule has 0 aliphatic heterocycles. The Kier molecular flexibility index (Phi) is 5.84. The van der Waals surface area contributed by atoms with Gasteiger partial charge in [-0.15, -0.1) is 0 Å². The van der Waals surface area contributed by atoms with Crippen molar-refractivity contribution in [3.63, 3.8) is 0 Å². The highest BCUT2D eigenvalue weighted by atomic mass is 19.4. The number of ether oxygens (including phenoxy) is 1. The van der Waals surface area contributed by atoms with Gasteiger partial charge in [0, 0.05) is 12.4 Å². The average molecular weight is 478 g/mol. The van der Waals surface area contributed by atoms with E-state index in [1.54, 1.807) is 16.8 Å². The summed E-state index contributed by atoms with van der Waals surface area (Å²) >= 11 is 0. The first kappa shape index (κ1) is 22.8. The largest absolute Gasteiger partial charge is 0.438 e. The molecule has 0 radical (unpaired) electrons. The zero-order chi connectivity index (χ0) is 24.6. The molecule has 1 aliphatic carbocycles. The molecule has 0 bridgehead atoms. The lowest BCUT2D eigenvalue weighted by atomic mass is 9.89. The summed E-state index contributed by atoms with van der Waals surface area (Å²) in [5.74, 6) is 0.0847. The highest BCUT2D eigenvalue weighted by molar-refractivity contribution is 5.82. The third-order valence-electron chi connectivity index (χ3n) is 6.06. The van der Waals surface area contributed by atoms with Crippen LogP contribution in [0.25, 0.3) is 22.2 Å². The SMILES string of the molecule is CC1CC=C(c2ncccc2-n2cnc(=O)c3cc(Oc4ncccc4C(F)(F)F)ccc32)CC1. The second-order valence-electron chi connectivity index (χ2n) is 8.53. The number of rotatable bonds is 4. The van der Waals surface area contributed by atoms with Gasteiger partial charge in [0.2, 0.25) is 5.88 Å². The van der Waals surface area contributed by atoms with E-state index in [-0.39, 0.29) is 11.1 Å². The Balaban J connectivity index is 1.59. The lowest BCUT2D eigenvalue weighted by Crippen LogP contribution is -2.13. The summed E-state index contributed by atoms with van der Waals surface area (Å²) in [7, 11) is 0. The molecule has 0 spiro atoms. The van der Waals surface area contributed by atoms with E-state index in [1.165, 1.54) is 30.7 Å². The number of aromatic nitrogens is 4. The first-order valence-electron chi connectivity index (χ1n) is 11.2. The molecule has 1 atom stereocenters. The molecule has 3 heterocycles. The van der Waals surface area contributed by atoms with Crippen molar-refractivity contribution in [2.75, 3.05) is 0 Å². The minimum Gasteiger partial charge on any atom is -0.438 e. The van der Waals surface area contributed by atoms with Gasteiger partial charge < -0.3 is 4.74 Å². The Labute approximate surface area is 198 Å². The molecule has 178 valence electrons. The van der Waals surface area contributed by atoms with Crippen molar-refractivity contribution in [1.82, 2.24) is 19.5 Å². The van der Waals surface area contributed by atoms with Crippen LogP contribution >= 0.6 is 0 Å². The molecule has 0 saturated heterocycles. The standard InChI is InChI=1S/C26H21F3N4O2/c1-16-6-8-17(9-7-16)23-22(5-3-12-30-23)33-15-32-24(34)19-14-18(10-11-21(19)33)35-25-20(26(27,28)29)4-2-13-31-25/h2-5,8,10-16H,6-7,9H2,1H3. The maximum atomic E-state index is 13.3. The Bertz CT molecular complexity index is 1490. The van der Waals surface area contributed by atoms with Gasteiger partial charge in [0.25, 0.3) is 5.56 Å². The van der Waals surface area contributed by atoms with Crippen LogP contribution in [0, 0.1) is 5.92 Å². The third-order valence-corrected chi connectivity index (χ3v) is 6.06.